The largest absolute Gasteiger partial charge is 0.330 e. The summed E-state index contributed by atoms with van der Waals surface area (Å²) in [5.74, 6) is -0.224. The Morgan fingerprint density at radius 2 is 2.00 bits per heavy atom. The lowest BCUT2D eigenvalue weighted by atomic mass is 9.73. The molecule has 2 atom stereocenters. The fraction of sp³-hybridized carbons (Fsp3) is 0.227. The van der Waals surface area contributed by atoms with Crippen molar-refractivity contribution in [2.24, 2.45) is 7.05 Å². The predicted octanol–water partition coefficient (Wildman–Crippen LogP) is 2.17. The number of aryl methyl sites for hydroxylation is 1. The quantitative estimate of drug-likeness (QED) is 0.524. The van der Waals surface area contributed by atoms with Crippen molar-refractivity contribution in [1.82, 2.24) is 30.1 Å². The Morgan fingerprint density at radius 1 is 1.16 bits per heavy atom. The van der Waals surface area contributed by atoms with Crippen LogP contribution >= 0.6 is 0 Å². The Morgan fingerprint density at radius 3 is 2.84 bits per heavy atom. The average molecular weight is 413 g/mol. The van der Waals surface area contributed by atoms with Crippen molar-refractivity contribution in [2.45, 2.75) is 17.9 Å². The minimum atomic E-state index is -0.854. The number of carbonyl (C=O) groups is 2. The van der Waals surface area contributed by atoms with E-state index >= 15 is 0 Å². The molecule has 154 valence electrons. The Hall–Kier alpha value is -4.01. The van der Waals surface area contributed by atoms with Crippen molar-refractivity contribution >= 4 is 28.5 Å². The van der Waals surface area contributed by atoms with E-state index in [0.717, 1.165) is 16.8 Å². The second-order valence-electron chi connectivity index (χ2n) is 8.10. The molecule has 0 radical (unpaired) electrons. The zero-order chi connectivity index (χ0) is 21.2. The van der Waals surface area contributed by atoms with E-state index in [4.69, 9.17) is 0 Å². The molecule has 1 spiro atoms. The number of anilines is 1. The first-order chi connectivity index (χ1) is 15.1. The van der Waals surface area contributed by atoms with Crippen LogP contribution < -0.4 is 5.32 Å². The van der Waals surface area contributed by atoms with Crippen LogP contribution in [-0.4, -0.2) is 48.5 Å². The standard InChI is InChI=1S/C22H19N7O2/c1-28-12-14(11-23-28)19-22(15-4-2-3-5-16(15)24-21(22)31)8-9-29(19)20(30)13-6-7-17-18(10-13)26-27-25-17/h2-7,10-12,19H,8-9H2,1H3,(H,24,31)(H,25,26,27). The number of hydrogen-bond acceptors (Lipinski definition) is 5. The van der Waals surface area contributed by atoms with E-state index in [2.05, 4.69) is 25.8 Å². The number of rotatable bonds is 2. The molecule has 31 heavy (non-hydrogen) atoms. The summed E-state index contributed by atoms with van der Waals surface area (Å²) in [7, 11) is 1.83. The molecule has 2 aliphatic heterocycles. The molecule has 2 unspecified atom stereocenters. The second kappa shape index (κ2) is 6.24. The molecule has 9 nitrogen and oxygen atoms in total. The van der Waals surface area contributed by atoms with Crippen LogP contribution in [0.1, 0.15) is 33.9 Å². The number of H-pyrrole nitrogens is 1. The summed E-state index contributed by atoms with van der Waals surface area (Å²) < 4.78 is 1.70. The van der Waals surface area contributed by atoms with Crippen LogP contribution in [0.15, 0.2) is 54.9 Å². The molecular weight excluding hydrogens is 394 g/mol. The molecule has 0 bridgehead atoms. The van der Waals surface area contributed by atoms with Gasteiger partial charge in [0.25, 0.3) is 5.91 Å². The first kappa shape index (κ1) is 17.8. The van der Waals surface area contributed by atoms with Gasteiger partial charge in [0.2, 0.25) is 5.91 Å². The van der Waals surface area contributed by atoms with Crippen molar-refractivity contribution in [3.8, 4) is 0 Å². The van der Waals surface area contributed by atoms with Crippen molar-refractivity contribution < 1.29 is 9.59 Å². The SMILES string of the molecule is Cn1cc(C2N(C(=O)c3ccc4n[nH]nc4c3)CCC23C(=O)Nc2ccccc23)cn1. The van der Waals surface area contributed by atoms with Gasteiger partial charge in [-0.3, -0.25) is 14.3 Å². The van der Waals surface area contributed by atoms with Gasteiger partial charge in [-0.05, 0) is 36.2 Å². The molecule has 2 amide bonds. The molecule has 2 aromatic carbocycles. The van der Waals surface area contributed by atoms with Crippen LogP contribution in [0.2, 0.25) is 0 Å². The monoisotopic (exact) mass is 413 g/mol. The molecule has 0 aliphatic carbocycles. The third kappa shape index (κ3) is 2.40. The van der Waals surface area contributed by atoms with Gasteiger partial charge in [0.1, 0.15) is 16.4 Å². The molecule has 2 aromatic heterocycles. The van der Waals surface area contributed by atoms with Gasteiger partial charge in [-0.25, -0.2) is 0 Å². The minimum absolute atomic E-state index is 0.0789. The molecular formula is C22H19N7O2. The molecule has 0 saturated carbocycles. The lowest BCUT2D eigenvalue weighted by Gasteiger charge is -2.33. The number of hydrogen-bond donors (Lipinski definition) is 2. The highest BCUT2D eigenvalue weighted by Crippen LogP contribution is 2.54. The van der Waals surface area contributed by atoms with Crippen LogP contribution in [0, 0.1) is 0 Å². The van der Waals surface area contributed by atoms with Crippen molar-refractivity contribution in [3.05, 3.63) is 71.5 Å². The number of amides is 2. The summed E-state index contributed by atoms with van der Waals surface area (Å²) in [6.07, 6.45) is 4.16. The topological polar surface area (TPSA) is 109 Å². The lowest BCUT2D eigenvalue weighted by molar-refractivity contribution is -0.121. The summed E-state index contributed by atoms with van der Waals surface area (Å²) in [4.78, 5) is 28.9. The van der Waals surface area contributed by atoms with Crippen molar-refractivity contribution in [2.75, 3.05) is 11.9 Å². The highest BCUT2D eigenvalue weighted by atomic mass is 16.2. The number of nitrogens with zero attached hydrogens (tertiary/aromatic N) is 5. The van der Waals surface area contributed by atoms with Gasteiger partial charge in [-0.15, -0.1) is 0 Å². The van der Waals surface area contributed by atoms with Crippen LogP contribution in [-0.2, 0) is 17.3 Å². The molecule has 2 N–H and O–H groups in total. The number of carbonyl (C=O) groups excluding carboxylic acids is 2. The zero-order valence-corrected chi connectivity index (χ0v) is 16.7. The maximum absolute atomic E-state index is 13.7. The van der Waals surface area contributed by atoms with E-state index in [1.807, 2.05) is 37.5 Å². The molecule has 2 aliphatic rings. The maximum Gasteiger partial charge on any atom is 0.254 e. The first-order valence-electron chi connectivity index (χ1n) is 10.1. The first-order valence-corrected chi connectivity index (χ1v) is 10.1. The highest BCUT2D eigenvalue weighted by Gasteiger charge is 2.59. The molecule has 4 heterocycles. The normalized spacial score (nSPS) is 22.3. The highest BCUT2D eigenvalue weighted by molar-refractivity contribution is 6.08. The average Bonchev–Trinajstić information content (AvgIpc) is 3.54. The minimum Gasteiger partial charge on any atom is -0.330 e. The fourth-order valence-corrected chi connectivity index (χ4v) is 5.09. The van der Waals surface area contributed by atoms with E-state index in [1.54, 1.807) is 34.0 Å². The number of nitrogens with one attached hydrogen (secondary N) is 2. The van der Waals surface area contributed by atoms with Crippen molar-refractivity contribution in [3.63, 3.8) is 0 Å². The van der Waals surface area contributed by atoms with Gasteiger partial charge < -0.3 is 10.2 Å². The summed E-state index contributed by atoms with van der Waals surface area (Å²) in [6, 6.07) is 12.5. The van der Waals surface area contributed by atoms with Crippen LogP contribution in [0.3, 0.4) is 0 Å². The Kier molecular flexibility index (Phi) is 3.59. The third-order valence-corrected chi connectivity index (χ3v) is 6.45. The number of aromatic amines is 1. The van der Waals surface area contributed by atoms with Gasteiger partial charge in [0, 0.05) is 36.6 Å². The number of para-hydroxylation sites is 1. The Labute approximate surface area is 177 Å². The smallest absolute Gasteiger partial charge is 0.254 e. The molecule has 1 fully saturated rings. The Balaban J connectivity index is 1.50. The molecule has 4 aromatic rings. The molecule has 6 rings (SSSR count). The van der Waals surface area contributed by atoms with E-state index < -0.39 is 11.5 Å². The molecule has 1 saturated heterocycles. The van der Waals surface area contributed by atoms with Gasteiger partial charge in [0.15, 0.2) is 0 Å². The van der Waals surface area contributed by atoms with Crippen molar-refractivity contribution in [1.29, 1.82) is 0 Å². The maximum atomic E-state index is 13.7. The number of fused-ring (bicyclic) bond motifs is 3. The lowest BCUT2D eigenvalue weighted by Crippen LogP contribution is -2.42. The third-order valence-electron chi connectivity index (χ3n) is 6.45. The van der Waals surface area contributed by atoms with Crippen LogP contribution in [0.25, 0.3) is 11.0 Å². The van der Waals surface area contributed by atoms with Gasteiger partial charge in [-0.2, -0.15) is 20.5 Å². The van der Waals surface area contributed by atoms with Gasteiger partial charge >= 0.3 is 0 Å². The van der Waals surface area contributed by atoms with Gasteiger partial charge in [0.05, 0.1) is 12.2 Å². The van der Waals surface area contributed by atoms with E-state index in [1.165, 1.54) is 0 Å². The van der Waals surface area contributed by atoms with Gasteiger partial charge in [-0.1, -0.05) is 18.2 Å². The Bertz CT molecular complexity index is 1360. The number of benzene rings is 2. The number of likely N-dealkylation sites (tertiary alicyclic amines) is 1. The molecule has 9 heteroatoms. The summed E-state index contributed by atoms with van der Waals surface area (Å²) in [5, 5.41) is 18.1. The fourth-order valence-electron chi connectivity index (χ4n) is 5.09. The van der Waals surface area contributed by atoms with Crippen LogP contribution in [0.5, 0.6) is 0 Å². The summed E-state index contributed by atoms with van der Waals surface area (Å²) in [5.41, 5.74) is 3.55. The summed E-state index contributed by atoms with van der Waals surface area (Å²) >= 11 is 0. The predicted molar refractivity (Wildman–Crippen MR) is 112 cm³/mol. The second-order valence-corrected chi connectivity index (χ2v) is 8.10. The van der Waals surface area contributed by atoms with Crippen LogP contribution in [0.4, 0.5) is 5.69 Å². The summed E-state index contributed by atoms with van der Waals surface area (Å²) in [6.45, 7) is 0.455. The zero-order valence-electron chi connectivity index (χ0n) is 16.7. The van der Waals surface area contributed by atoms with E-state index in [-0.39, 0.29) is 11.8 Å². The van der Waals surface area contributed by atoms with E-state index in [9.17, 15) is 9.59 Å². The number of aromatic nitrogens is 5. The van der Waals surface area contributed by atoms with E-state index in [0.29, 0.717) is 29.6 Å².